The maximum atomic E-state index is 5.53. The molecule has 97 valence electrons. The molecule has 0 rings (SSSR count). The molecule has 0 heterocycles. The zero-order valence-electron chi connectivity index (χ0n) is 11.0. The van der Waals surface area contributed by atoms with E-state index in [1.54, 1.807) is 0 Å². The minimum atomic E-state index is -0.508. The number of unbranched alkanes of at least 4 members (excludes halogenated alkanes) is 1. The predicted molar refractivity (Wildman–Crippen MR) is 62.8 cm³/mol. The van der Waals surface area contributed by atoms with Crippen molar-refractivity contribution in [3.63, 3.8) is 0 Å². The van der Waals surface area contributed by atoms with Gasteiger partial charge in [0.2, 0.25) is 6.29 Å². The fraction of sp³-hybridized carbons (Fsp3) is 0.917. The van der Waals surface area contributed by atoms with E-state index in [0.717, 1.165) is 12.8 Å². The Hall–Kier alpha value is -0.160. The molecule has 0 aromatic heterocycles. The highest BCUT2D eigenvalue weighted by atomic mass is 16.8. The molecule has 4 nitrogen and oxygen atoms in total. The van der Waals surface area contributed by atoms with Gasteiger partial charge in [-0.05, 0) is 27.2 Å². The van der Waals surface area contributed by atoms with Gasteiger partial charge in [-0.3, -0.25) is 0 Å². The van der Waals surface area contributed by atoms with Crippen molar-refractivity contribution < 1.29 is 18.9 Å². The van der Waals surface area contributed by atoms with E-state index in [-0.39, 0.29) is 0 Å². The normalized spacial score (nSPS) is 11.6. The van der Waals surface area contributed by atoms with Crippen LogP contribution in [0.25, 0.3) is 0 Å². The smallest absolute Gasteiger partial charge is 0.282 e. The van der Waals surface area contributed by atoms with Gasteiger partial charge < -0.3 is 18.9 Å². The maximum absolute atomic E-state index is 5.53. The Morgan fingerprint density at radius 3 is 1.94 bits per heavy atom. The van der Waals surface area contributed by atoms with Crippen LogP contribution in [0.2, 0.25) is 0 Å². The topological polar surface area (TPSA) is 36.9 Å². The van der Waals surface area contributed by atoms with E-state index in [1.807, 2.05) is 20.8 Å². The zero-order chi connectivity index (χ0) is 12.2. The van der Waals surface area contributed by atoms with Crippen LogP contribution in [0.15, 0.2) is 0 Å². The molecule has 4 heteroatoms. The molecular formula is C12H25O4. The van der Waals surface area contributed by atoms with Crippen molar-refractivity contribution in [3.05, 3.63) is 6.29 Å². The van der Waals surface area contributed by atoms with Gasteiger partial charge in [-0.1, -0.05) is 13.3 Å². The van der Waals surface area contributed by atoms with Gasteiger partial charge in [-0.15, -0.1) is 0 Å². The molecule has 16 heavy (non-hydrogen) atoms. The minimum absolute atomic E-state index is 0.444. The number of hydrogen-bond donors (Lipinski definition) is 0. The van der Waals surface area contributed by atoms with Crippen LogP contribution in [0.5, 0.6) is 0 Å². The molecule has 0 fully saturated rings. The number of ether oxygens (including phenoxy) is 4. The van der Waals surface area contributed by atoms with E-state index in [2.05, 4.69) is 6.92 Å². The molecule has 0 atom stereocenters. The lowest BCUT2D eigenvalue weighted by Gasteiger charge is -2.24. The summed E-state index contributed by atoms with van der Waals surface area (Å²) in [6.07, 6.45) is 2.03. The molecule has 0 saturated carbocycles. The fourth-order valence-electron chi connectivity index (χ4n) is 1.12. The third kappa shape index (κ3) is 7.17. The molecule has 0 saturated heterocycles. The number of hydrogen-bond acceptors (Lipinski definition) is 4. The summed E-state index contributed by atoms with van der Waals surface area (Å²) in [6.45, 7) is 10.2. The molecule has 0 N–H and O–H groups in total. The summed E-state index contributed by atoms with van der Waals surface area (Å²) in [5.74, 6) is 0. The van der Waals surface area contributed by atoms with Crippen molar-refractivity contribution in [1.82, 2.24) is 0 Å². The lowest BCUT2D eigenvalue weighted by molar-refractivity contribution is -0.219. The van der Waals surface area contributed by atoms with Crippen LogP contribution in [-0.4, -0.2) is 32.7 Å². The summed E-state index contributed by atoms with van der Waals surface area (Å²) in [7, 11) is 0. The highest BCUT2D eigenvalue weighted by Crippen LogP contribution is 2.16. The average molecular weight is 233 g/mol. The third-order valence-electron chi connectivity index (χ3n) is 1.86. The summed E-state index contributed by atoms with van der Waals surface area (Å²) in [5.41, 5.74) is 0. The molecule has 0 bridgehead atoms. The molecule has 0 aliphatic heterocycles. The Kier molecular flexibility index (Phi) is 11.2. The van der Waals surface area contributed by atoms with Crippen LogP contribution < -0.4 is 0 Å². The third-order valence-corrected chi connectivity index (χ3v) is 1.86. The SMILES string of the molecule is CCCCO[C](OCC)C(OCC)OCC. The molecule has 1 radical (unpaired) electrons. The second-order valence-electron chi connectivity index (χ2n) is 3.20. The summed E-state index contributed by atoms with van der Waals surface area (Å²) in [5, 5.41) is 0. The highest BCUT2D eigenvalue weighted by Gasteiger charge is 2.25. The molecule has 0 aliphatic rings. The van der Waals surface area contributed by atoms with E-state index in [1.165, 1.54) is 0 Å². The zero-order valence-corrected chi connectivity index (χ0v) is 11.0. The van der Waals surface area contributed by atoms with Crippen molar-refractivity contribution in [2.45, 2.75) is 46.8 Å². The van der Waals surface area contributed by atoms with E-state index < -0.39 is 6.29 Å². The van der Waals surface area contributed by atoms with Crippen LogP contribution in [0.4, 0.5) is 0 Å². The second kappa shape index (κ2) is 11.3. The first-order valence-electron chi connectivity index (χ1n) is 6.15. The second-order valence-corrected chi connectivity index (χ2v) is 3.20. The maximum Gasteiger partial charge on any atom is 0.282 e. The van der Waals surface area contributed by atoms with E-state index in [4.69, 9.17) is 18.9 Å². The summed E-state index contributed by atoms with van der Waals surface area (Å²) < 4.78 is 21.8. The molecule has 0 spiro atoms. The predicted octanol–water partition coefficient (Wildman–Crippen LogP) is 2.73. The largest absolute Gasteiger partial charge is 0.348 e. The van der Waals surface area contributed by atoms with Gasteiger partial charge in [-0.2, -0.15) is 0 Å². The van der Waals surface area contributed by atoms with Crippen LogP contribution in [0, 0.1) is 6.29 Å². The van der Waals surface area contributed by atoms with Gasteiger partial charge in [0.15, 0.2) is 0 Å². The Balaban J connectivity index is 4.08. The highest BCUT2D eigenvalue weighted by molar-refractivity contribution is 4.71. The summed E-state index contributed by atoms with van der Waals surface area (Å²) in [6, 6.07) is 0. The van der Waals surface area contributed by atoms with Gasteiger partial charge >= 0.3 is 0 Å². The Morgan fingerprint density at radius 2 is 1.50 bits per heavy atom. The van der Waals surface area contributed by atoms with Gasteiger partial charge in [0.1, 0.15) is 0 Å². The fourth-order valence-corrected chi connectivity index (χ4v) is 1.12. The van der Waals surface area contributed by atoms with Crippen LogP contribution >= 0.6 is 0 Å². The molecular weight excluding hydrogens is 208 g/mol. The molecule has 0 unspecified atom stereocenters. The van der Waals surface area contributed by atoms with E-state index in [0.29, 0.717) is 32.7 Å². The quantitative estimate of drug-likeness (QED) is 0.406. The van der Waals surface area contributed by atoms with Crippen LogP contribution in [0.3, 0.4) is 0 Å². The Morgan fingerprint density at radius 1 is 0.875 bits per heavy atom. The lowest BCUT2D eigenvalue weighted by Crippen LogP contribution is -2.30. The molecule has 0 amide bonds. The first-order valence-corrected chi connectivity index (χ1v) is 6.15. The summed E-state index contributed by atoms with van der Waals surface area (Å²) in [4.78, 5) is 0. The van der Waals surface area contributed by atoms with Crippen molar-refractivity contribution >= 4 is 0 Å². The van der Waals surface area contributed by atoms with Gasteiger partial charge in [0.25, 0.3) is 6.29 Å². The minimum Gasteiger partial charge on any atom is -0.348 e. The van der Waals surface area contributed by atoms with E-state index >= 15 is 0 Å². The average Bonchev–Trinajstić information content (AvgIpc) is 2.28. The number of rotatable bonds is 11. The summed E-state index contributed by atoms with van der Waals surface area (Å²) >= 11 is 0. The Bertz CT molecular complexity index is 135. The first kappa shape index (κ1) is 15.8. The standard InChI is InChI=1S/C12H25O4/c1-5-9-10-16-12(15-8-4)11(13-6-2)14-7-3/h11H,5-10H2,1-4H3. The van der Waals surface area contributed by atoms with Crippen molar-refractivity contribution in [2.24, 2.45) is 0 Å². The monoisotopic (exact) mass is 233 g/mol. The van der Waals surface area contributed by atoms with Crippen molar-refractivity contribution in [3.8, 4) is 0 Å². The molecule has 0 aromatic rings. The van der Waals surface area contributed by atoms with E-state index in [9.17, 15) is 0 Å². The van der Waals surface area contributed by atoms with Crippen molar-refractivity contribution in [1.29, 1.82) is 0 Å². The van der Waals surface area contributed by atoms with Crippen LogP contribution in [0.1, 0.15) is 40.5 Å². The van der Waals surface area contributed by atoms with Gasteiger partial charge in [0, 0.05) is 19.8 Å². The van der Waals surface area contributed by atoms with Crippen LogP contribution in [-0.2, 0) is 18.9 Å². The Labute approximate surface area is 99.2 Å². The van der Waals surface area contributed by atoms with Gasteiger partial charge in [0.05, 0.1) is 6.61 Å². The molecule has 0 aromatic carbocycles. The van der Waals surface area contributed by atoms with Gasteiger partial charge in [-0.25, -0.2) is 0 Å². The first-order chi connectivity index (χ1) is 7.79. The van der Waals surface area contributed by atoms with Crippen molar-refractivity contribution in [2.75, 3.05) is 26.4 Å². The molecule has 0 aliphatic carbocycles. The lowest BCUT2D eigenvalue weighted by atomic mass is 10.4.